The molecule has 0 radical (unpaired) electrons. The number of halogens is 1. The fourth-order valence-corrected chi connectivity index (χ4v) is 1.29. The van der Waals surface area contributed by atoms with Crippen LogP contribution in [0.1, 0.15) is 18.1 Å². The van der Waals surface area contributed by atoms with E-state index in [0.29, 0.717) is 11.1 Å². The monoisotopic (exact) mass is 250 g/mol. The average Bonchev–Trinajstić information content (AvgIpc) is 2.36. The second-order valence-corrected chi connectivity index (χ2v) is 3.39. The number of benzene rings is 1. The van der Waals surface area contributed by atoms with E-state index in [9.17, 15) is 9.18 Å². The number of carbonyl (C=O) groups is 1. The Morgan fingerprint density at radius 3 is 3.00 bits per heavy atom. The van der Waals surface area contributed by atoms with Gasteiger partial charge in [-0.2, -0.15) is 0 Å². The molecule has 1 aromatic carbocycles. The van der Waals surface area contributed by atoms with Gasteiger partial charge in [0.25, 0.3) is 0 Å². The summed E-state index contributed by atoms with van der Waals surface area (Å²) < 4.78 is 18.1. The molecule has 0 saturated heterocycles. The first kappa shape index (κ1) is 14.0. The molecular formula is C13H15FN2O2. The lowest BCUT2D eigenvalue weighted by Gasteiger charge is -2.06. The van der Waals surface area contributed by atoms with Gasteiger partial charge in [-0.25, -0.2) is 9.18 Å². The van der Waals surface area contributed by atoms with Crippen molar-refractivity contribution in [3.63, 3.8) is 0 Å². The van der Waals surface area contributed by atoms with Crippen molar-refractivity contribution in [1.82, 2.24) is 5.32 Å². The summed E-state index contributed by atoms with van der Waals surface area (Å²) in [7, 11) is 0. The van der Waals surface area contributed by atoms with Crippen LogP contribution in [0.3, 0.4) is 0 Å². The second-order valence-electron chi connectivity index (χ2n) is 3.39. The molecule has 0 atom stereocenters. The van der Waals surface area contributed by atoms with Crippen molar-refractivity contribution in [2.45, 2.75) is 13.5 Å². The maximum Gasteiger partial charge on any atom is 0.407 e. The highest BCUT2D eigenvalue weighted by atomic mass is 19.1. The van der Waals surface area contributed by atoms with Gasteiger partial charge >= 0.3 is 6.09 Å². The average molecular weight is 250 g/mol. The molecule has 0 unspecified atom stereocenters. The van der Waals surface area contributed by atoms with E-state index in [-0.39, 0.29) is 19.7 Å². The number of nitrogens with two attached hydrogens (primary N) is 1. The molecule has 0 heterocycles. The standard InChI is InChI=1S/C13H15FN2O2/c1-2-18-13(17)16-9-11-8-10(4-3-7-15)5-6-12(11)14/h5-6,8H,2,7,9,15H2,1H3,(H,16,17). The maximum atomic E-state index is 13.5. The van der Waals surface area contributed by atoms with E-state index in [1.807, 2.05) is 0 Å². The highest BCUT2D eigenvalue weighted by Gasteiger charge is 2.05. The number of hydrogen-bond donors (Lipinski definition) is 2. The molecule has 0 fully saturated rings. The molecule has 96 valence electrons. The van der Waals surface area contributed by atoms with Crippen LogP contribution in [0.5, 0.6) is 0 Å². The third-order valence-corrected chi connectivity index (χ3v) is 2.08. The lowest BCUT2D eigenvalue weighted by Crippen LogP contribution is -2.24. The van der Waals surface area contributed by atoms with Gasteiger partial charge in [0.15, 0.2) is 0 Å². The highest BCUT2D eigenvalue weighted by Crippen LogP contribution is 2.09. The predicted molar refractivity (Wildman–Crippen MR) is 66.2 cm³/mol. The molecular weight excluding hydrogens is 235 g/mol. The topological polar surface area (TPSA) is 64.3 Å². The number of alkyl carbamates (subject to hydrolysis) is 1. The van der Waals surface area contributed by atoms with Crippen LogP contribution in [-0.4, -0.2) is 19.2 Å². The third-order valence-electron chi connectivity index (χ3n) is 2.08. The van der Waals surface area contributed by atoms with Crippen LogP contribution in [0.15, 0.2) is 18.2 Å². The molecule has 1 amide bonds. The Balaban J connectivity index is 2.72. The van der Waals surface area contributed by atoms with Gasteiger partial charge in [-0.05, 0) is 25.1 Å². The van der Waals surface area contributed by atoms with Crippen molar-refractivity contribution in [3.05, 3.63) is 35.1 Å². The molecule has 0 aliphatic carbocycles. The summed E-state index contributed by atoms with van der Waals surface area (Å²) in [5, 5.41) is 2.45. The van der Waals surface area contributed by atoms with Gasteiger partial charge in [0, 0.05) is 17.7 Å². The zero-order valence-corrected chi connectivity index (χ0v) is 10.1. The Hall–Kier alpha value is -2.06. The molecule has 0 spiro atoms. The number of ether oxygens (including phenoxy) is 1. The van der Waals surface area contributed by atoms with Crippen molar-refractivity contribution in [1.29, 1.82) is 0 Å². The summed E-state index contributed by atoms with van der Waals surface area (Å²) in [5.41, 5.74) is 6.26. The molecule has 1 rings (SSSR count). The van der Waals surface area contributed by atoms with Crippen molar-refractivity contribution in [2.24, 2.45) is 5.73 Å². The number of amides is 1. The lowest BCUT2D eigenvalue weighted by atomic mass is 10.1. The summed E-state index contributed by atoms with van der Waals surface area (Å²) >= 11 is 0. The van der Waals surface area contributed by atoms with Gasteiger partial charge in [0.1, 0.15) is 5.82 Å². The fraction of sp³-hybridized carbons (Fsp3) is 0.308. The molecule has 1 aromatic rings. The first-order valence-corrected chi connectivity index (χ1v) is 5.55. The van der Waals surface area contributed by atoms with Crippen LogP contribution in [0.4, 0.5) is 9.18 Å². The third kappa shape index (κ3) is 4.44. The SMILES string of the molecule is CCOC(=O)NCc1cc(C#CCN)ccc1F. The van der Waals surface area contributed by atoms with Crippen LogP contribution < -0.4 is 11.1 Å². The highest BCUT2D eigenvalue weighted by molar-refractivity contribution is 5.67. The van der Waals surface area contributed by atoms with Crippen LogP contribution >= 0.6 is 0 Å². The Labute approximate surface area is 105 Å². The van der Waals surface area contributed by atoms with E-state index in [1.165, 1.54) is 6.07 Å². The Morgan fingerprint density at radius 1 is 1.56 bits per heavy atom. The van der Waals surface area contributed by atoms with Gasteiger partial charge in [-0.15, -0.1) is 0 Å². The van der Waals surface area contributed by atoms with Gasteiger partial charge in [0.05, 0.1) is 13.2 Å². The maximum absolute atomic E-state index is 13.5. The normalized spacial score (nSPS) is 9.28. The van der Waals surface area contributed by atoms with E-state index in [2.05, 4.69) is 21.9 Å². The molecule has 0 aromatic heterocycles. The smallest absolute Gasteiger partial charge is 0.407 e. The zero-order chi connectivity index (χ0) is 13.4. The van der Waals surface area contributed by atoms with Gasteiger partial charge in [0.2, 0.25) is 0 Å². The van der Waals surface area contributed by atoms with Crippen LogP contribution in [0.25, 0.3) is 0 Å². The van der Waals surface area contributed by atoms with Gasteiger partial charge in [-0.3, -0.25) is 0 Å². The summed E-state index contributed by atoms with van der Waals surface area (Å²) in [6.45, 7) is 2.27. The predicted octanol–water partition coefficient (Wildman–Crippen LogP) is 1.38. The molecule has 0 aliphatic rings. The Kier molecular flexibility index (Phi) is 5.68. The van der Waals surface area contributed by atoms with E-state index in [0.717, 1.165) is 0 Å². The molecule has 3 N–H and O–H groups in total. The summed E-state index contributed by atoms with van der Waals surface area (Å²) in [6, 6.07) is 4.44. The van der Waals surface area contributed by atoms with E-state index in [4.69, 9.17) is 5.73 Å². The minimum atomic E-state index is -0.574. The Morgan fingerprint density at radius 2 is 2.33 bits per heavy atom. The van der Waals surface area contributed by atoms with Crippen molar-refractivity contribution < 1.29 is 13.9 Å². The van der Waals surface area contributed by atoms with Crippen LogP contribution in [0.2, 0.25) is 0 Å². The zero-order valence-electron chi connectivity index (χ0n) is 10.1. The fourth-order valence-electron chi connectivity index (χ4n) is 1.29. The quantitative estimate of drug-likeness (QED) is 0.797. The molecule has 0 aliphatic heterocycles. The number of rotatable bonds is 3. The van der Waals surface area contributed by atoms with Crippen LogP contribution in [-0.2, 0) is 11.3 Å². The largest absolute Gasteiger partial charge is 0.450 e. The molecule has 4 nitrogen and oxygen atoms in total. The van der Waals surface area contributed by atoms with Gasteiger partial charge in [-0.1, -0.05) is 11.8 Å². The lowest BCUT2D eigenvalue weighted by molar-refractivity contribution is 0.151. The molecule has 0 saturated carbocycles. The molecule has 5 heteroatoms. The van der Waals surface area contributed by atoms with Crippen LogP contribution in [0, 0.1) is 17.7 Å². The number of hydrogen-bond acceptors (Lipinski definition) is 3. The van der Waals surface area contributed by atoms with Gasteiger partial charge < -0.3 is 15.8 Å². The summed E-state index contributed by atoms with van der Waals surface area (Å²) in [6.07, 6.45) is -0.574. The van der Waals surface area contributed by atoms with E-state index >= 15 is 0 Å². The molecule has 0 bridgehead atoms. The minimum absolute atomic E-state index is 0.0583. The summed E-state index contributed by atoms with van der Waals surface area (Å²) in [4.78, 5) is 11.1. The number of carbonyl (C=O) groups excluding carboxylic acids is 1. The van der Waals surface area contributed by atoms with Crippen molar-refractivity contribution in [3.8, 4) is 11.8 Å². The second kappa shape index (κ2) is 7.30. The first-order chi connectivity index (χ1) is 8.67. The summed E-state index contributed by atoms with van der Waals surface area (Å²) in [5.74, 6) is 5.08. The Bertz CT molecular complexity index is 478. The van der Waals surface area contributed by atoms with Crippen molar-refractivity contribution >= 4 is 6.09 Å². The first-order valence-electron chi connectivity index (χ1n) is 5.55. The van der Waals surface area contributed by atoms with E-state index in [1.54, 1.807) is 19.1 Å². The van der Waals surface area contributed by atoms with Crippen molar-refractivity contribution in [2.75, 3.05) is 13.2 Å². The van der Waals surface area contributed by atoms with E-state index < -0.39 is 11.9 Å². The minimum Gasteiger partial charge on any atom is -0.450 e. The number of nitrogens with one attached hydrogen (secondary N) is 1. The molecule has 18 heavy (non-hydrogen) atoms.